The van der Waals surface area contributed by atoms with Gasteiger partial charge in [-0.1, -0.05) is 24.3 Å². The third-order valence-corrected chi connectivity index (χ3v) is 5.50. The van der Waals surface area contributed by atoms with Gasteiger partial charge in [0.1, 0.15) is 0 Å². The van der Waals surface area contributed by atoms with Crippen LogP contribution in [-0.4, -0.2) is 10.8 Å². The van der Waals surface area contributed by atoms with Crippen LogP contribution in [0.1, 0.15) is 39.8 Å². The summed E-state index contributed by atoms with van der Waals surface area (Å²) >= 11 is 3.64. The minimum Gasteiger partial charge on any atom is -0.294 e. The van der Waals surface area contributed by atoms with E-state index in [9.17, 15) is 4.79 Å². The van der Waals surface area contributed by atoms with Gasteiger partial charge in [-0.25, -0.2) is 0 Å². The lowest BCUT2D eigenvalue weighted by atomic mass is 10.00. The molecule has 0 amide bonds. The average Bonchev–Trinajstić information content (AvgIpc) is 2.47. The second-order valence-corrected chi connectivity index (χ2v) is 7.08. The molecule has 1 aliphatic rings. The van der Waals surface area contributed by atoms with E-state index in [-0.39, 0.29) is 5.78 Å². The number of carbonyl (C=O) groups excluding carboxylic acids is 1. The summed E-state index contributed by atoms with van der Waals surface area (Å²) in [5.74, 6) is 3.68. The van der Waals surface area contributed by atoms with Crippen molar-refractivity contribution < 1.29 is 4.79 Å². The van der Waals surface area contributed by atoms with Gasteiger partial charge in [0, 0.05) is 28.6 Å². The van der Waals surface area contributed by atoms with Gasteiger partial charge in [0.25, 0.3) is 0 Å². The van der Waals surface area contributed by atoms with Crippen LogP contribution in [0.15, 0.2) is 36.4 Å². The summed E-state index contributed by atoms with van der Waals surface area (Å²) in [7, 11) is 0. The van der Waals surface area contributed by atoms with Crippen molar-refractivity contribution in [1.82, 2.24) is 4.98 Å². The summed E-state index contributed by atoms with van der Waals surface area (Å²) in [6.07, 6.45) is 0. The van der Waals surface area contributed by atoms with Crippen LogP contribution >= 0.6 is 23.5 Å². The number of hydrogen-bond donors (Lipinski definition) is 0. The number of thioether (sulfide) groups is 2. The van der Waals surface area contributed by atoms with E-state index in [4.69, 9.17) is 4.98 Å². The molecule has 4 bridgehead atoms. The molecule has 0 N–H and O–H groups in total. The molecule has 0 radical (unpaired) electrons. The van der Waals surface area contributed by atoms with Gasteiger partial charge in [0.2, 0.25) is 0 Å². The summed E-state index contributed by atoms with van der Waals surface area (Å²) in [6, 6.07) is 12.5. The predicted molar refractivity (Wildman–Crippen MR) is 90.7 cm³/mol. The van der Waals surface area contributed by atoms with E-state index < -0.39 is 0 Å². The molecule has 0 unspecified atom stereocenters. The minimum atomic E-state index is 0.176. The zero-order valence-electron chi connectivity index (χ0n) is 12.0. The molecule has 2 aromatic rings. The number of ketones is 1. The van der Waals surface area contributed by atoms with Gasteiger partial charge >= 0.3 is 0 Å². The first-order valence-electron chi connectivity index (χ1n) is 6.96. The highest BCUT2D eigenvalue weighted by molar-refractivity contribution is 7.98. The highest BCUT2D eigenvalue weighted by Gasteiger charge is 2.14. The maximum absolute atomic E-state index is 12.0. The van der Waals surface area contributed by atoms with Gasteiger partial charge in [-0.05, 0) is 30.2 Å². The number of Topliss-reactive ketones (excluding diaryl/α,β-unsaturated/α-hetero) is 1. The van der Waals surface area contributed by atoms with Gasteiger partial charge in [-0.3, -0.25) is 9.78 Å². The highest BCUT2D eigenvalue weighted by Crippen LogP contribution is 2.27. The molecular formula is C17H17NOS2. The van der Waals surface area contributed by atoms with E-state index in [1.807, 2.05) is 23.5 Å². The highest BCUT2D eigenvalue weighted by atomic mass is 32.2. The van der Waals surface area contributed by atoms with Gasteiger partial charge < -0.3 is 0 Å². The molecule has 0 aliphatic carbocycles. The molecular weight excluding hydrogens is 298 g/mol. The first-order chi connectivity index (χ1) is 10.2. The zero-order valence-corrected chi connectivity index (χ0v) is 13.6. The quantitative estimate of drug-likeness (QED) is 0.727. The van der Waals surface area contributed by atoms with Gasteiger partial charge in [-0.15, -0.1) is 0 Å². The Morgan fingerprint density at radius 1 is 0.905 bits per heavy atom. The smallest absolute Gasteiger partial charge is 0.160 e. The molecule has 2 heterocycles. The number of benzene rings is 1. The van der Waals surface area contributed by atoms with Crippen LogP contribution in [0.3, 0.4) is 0 Å². The van der Waals surface area contributed by atoms with Crippen molar-refractivity contribution >= 4 is 29.3 Å². The second kappa shape index (κ2) is 6.67. The number of aromatic nitrogens is 1. The van der Waals surface area contributed by atoms with Crippen molar-refractivity contribution in [1.29, 1.82) is 0 Å². The summed E-state index contributed by atoms with van der Waals surface area (Å²) in [4.78, 5) is 16.7. The summed E-state index contributed by atoms with van der Waals surface area (Å²) < 4.78 is 0. The van der Waals surface area contributed by atoms with E-state index in [0.717, 1.165) is 51.1 Å². The van der Waals surface area contributed by atoms with E-state index in [1.165, 1.54) is 0 Å². The van der Waals surface area contributed by atoms with Crippen LogP contribution < -0.4 is 0 Å². The van der Waals surface area contributed by atoms with E-state index in [1.54, 1.807) is 6.92 Å². The van der Waals surface area contributed by atoms with Crippen LogP contribution in [0.5, 0.6) is 0 Å². The van der Waals surface area contributed by atoms with Crippen LogP contribution in [-0.2, 0) is 23.0 Å². The van der Waals surface area contributed by atoms with Crippen LogP contribution in [0.25, 0.3) is 0 Å². The Hall–Kier alpha value is -1.26. The lowest BCUT2D eigenvalue weighted by Gasteiger charge is -2.14. The summed E-state index contributed by atoms with van der Waals surface area (Å²) in [5, 5.41) is 0. The van der Waals surface area contributed by atoms with E-state index in [2.05, 4.69) is 36.4 Å². The molecule has 1 aromatic heterocycles. The molecule has 0 fully saturated rings. The van der Waals surface area contributed by atoms with Crippen LogP contribution in [0, 0.1) is 0 Å². The van der Waals surface area contributed by atoms with E-state index >= 15 is 0 Å². The Bertz CT molecular complexity index is 626. The van der Waals surface area contributed by atoms with Crippen molar-refractivity contribution in [3.05, 3.63) is 64.5 Å². The number of rotatable bonds is 1. The van der Waals surface area contributed by atoms with Crippen molar-refractivity contribution in [2.24, 2.45) is 0 Å². The SMILES string of the molecule is CC(=O)c1c2cccc1CSCc1cccc(n1)CSC2. The lowest BCUT2D eigenvalue weighted by Crippen LogP contribution is -2.05. The predicted octanol–water partition coefficient (Wildman–Crippen LogP) is 4.46. The third kappa shape index (κ3) is 3.50. The Kier molecular flexibility index (Phi) is 4.66. The van der Waals surface area contributed by atoms with Crippen molar-refractivity contribution in [3.8, 4) is 0 Å². The van der Waals surface area contributed by atoms with Gasteiger partial charge in [-0.2, -0.15) is 23.5 Å². The topological polar surface area (TPSA) is 30.0 Å². The second-order valence-electron chi connectivity index (χ2n) is 5.11. The Morgan fingerprint density at radius 2 is 1.43 bits per heavy atom. The van der Waals surface area contributed by atoms with Crippen molar-refractivity contribution in [2.75, 3.05) is 0 Å². The molecule has 0 saturated heterocycles. The summed E-state index contributed by atoms with van der Waals surface area (Å²) in [5.41, 5.74) is 5.48. The molecule has 0 spiro atoms. The largest absolute Gasteiger partial charge is 0.294 e. The molecule has 3 rings (SSSR count). The molecule has 2 nitrogen and oxygen atoms in total. The minimum absolute atomic E-state index is 0.176. The Labute approximate surface area is 133 Å². The molecule has 108 valence electrons. The fourth-order valence-corrected chi connectivity index (χ4v) is 4.43. The van der Waals surface area contributed by atoms with Gasteiger partial charge in [0.15, 0.2) is 5.78 Å². The van der Waals surface area contributed by atoms with Crippen LogP contribution in [0.4, 0.5) is 0 Å². The average molecular weight is 315 g/mol. The number of carbonyl (C=O) groups is 1. The van der Waals surface area contributed by atoms with Crippen LogP contribution in [0.2, 0.25) is 0 Å². The lowest BCUT2D eigenvalue weighted by molar-refractivity contribution is 0.101. The molecule has 0 saturated carbocycles. The standard InChI is InChI=1S/C17H17NOS2/c1-12(19)17-13-4-2-5-14(17)9-21-11-16-7-3-6-15(18-16)10-20-8-13/h2-7H,8-11H2,1H3. The maximum Gasteiger partial charge on any atom is 0.160 e. The van der Waals surface area contributed by atoms with Crippen molar-refractivity contribution in [3.63, 3.8) is 0 Å². The van der Waals surface area contributed by atoms with Gasteiger partial charge in [0.05, 0.1) is 11.4 Å². The summed E-state index contributed by atoms with van der Waals surface area (Å²) in [6.45, 7) is 1.67. The Balaban J connectivity index is 1.94. The Morgan fingerprint density at radius 3 is 1.95 bits per heavy atom. The molecule has 21 heavy (non-hydrogen) atoms. The number of nitrogens with zero attached hydrogens (tertiary/aromatic N) is 1. The maximum atomic E-state index is 12.0. The number of fused-ring (bicyclic) bond motifs is 4. The number of pyridine rings is 1. The monoisotopic (exact) mass is 315 g/mol. The molecule has 0 atom stereocenters. The molecule has 1 aliphatic heterocycles. The third-order valence-electron chi connectivity index (χ3n) is 3.47. The number of hydrogen-bond acceptors (Lipinski definition) is 4. The molecule has 4 heteroatoms. The first kappa shape index (κ1) is 14.7. The zero-order chi connectivity index (χ0) is 14.7. The fourth-order valence-electron chi connectivity index (χ4n) is 2.57. The fraction of sp³-hybridized carbons (Fsp3) is 0.294. The van der Waals surface area contributed by atoms with Crippen molar-refractivity contribution in [2.45, 2.75) is 29.9 Å². The first-order valence-corrected chi connectivity index (χ1v) is 9.27. The molecule has 1 aromatic carbocycles. The van der Waals surface area contributed by atoms with E-state index in [0.29, 0.717) is 0 Å². The normalized spacial score (nSPS) is 14.9.